The van der Waals surface area contributed by atoms with Crippen molar-refractivity contribution in [1.29, 1.82) is 0 Å². The van der Waals surface area contributed by atoms with E-state index in [1.54, 1.807) is 22.7 Å². The minimum absolute atomic E-state index is 0.0204. The maximum Gasteiger partial charge on any atom is 0.315 e. The highest BCUT2D eigenvalue weighted by Gasteiger charge is 2.27. The van der Waals surface area contributed by atoms with E-state index >= 15 is 0 Å². The van der Waals surface area contributed by atoms with E-state index in [4.69, 9.17) is 0 Å². The predicted molar refractivity (Wildman–Crippen MR) is 124 cm³/mol. The zero-order valence-corrected chi connectivity index (χ0v) is 19.0. The van der Waals surface area contributed by atoms with Crippen molar-refractivity contribution in [3.8, 4) is 0 Å². The summed E-state index contributed by atoms with van der Waals surface area (Å²) in [4.78, 5) is 27.2. The minimum Gasteiger partial charge on any atom is -0.338 e. The monoisotopic (exact) mass is 448 g/mol. The van der Waals surface area contributed by atoms with Gasteiger partial charge in [0, 0.05) is 22.8 Å². The molecule has 0 aromatic carbocycles. The highest BCUT2D eigenvalue weighted by molar-refractivity contribution is 7.10. The van der Waals surface area contributed by atoms with Crippen LogP contribution in [0.5, 0.6) is 0 Å². The van der Waals surface area contributed by atoms with Crippen LogP contribution in [0.3, 0.4) is 0 Å². The van der Waals surface area contributed by atoms with Gasteiger partial charge in [0.25, 0.3) is 0 Å². The molecule has 1 fully saturated rings. The van der Waals surface area contributed by atoms with Gasteiger partial charge in [0.2, 0.25) is 0 Å². The summed E-state index contributed by atoms with van der Waals surface area (Å²) in [5.41, 5.74) is 0. The van der Waals surface area contributed by atoms with Crippen LogP contribution >= 0.6 is 22.7 Å². The molecule has 2 heterocycles. The molecule has 8 heteroatoms. The van der Waals surface area contributed by atoms with E-state index in [2.05, 4.69) is 56.3 Å². The fourth-order valence-electron chi connectivity index (χ4n) is 3.75. The Bertz CT molecular complexity index is 685. The molecule has 0 spiro atoms. The van der Waals surface area contributed by atoms with Gasteiger partial charge < -0.3 is 21.3 Å². The molecule has 1 aliphatic rings. The molecule has 0 aliphatic heterocycles. The first-order valence-electron chi connectivity index (χ1n) is 10.8. The topological polar surface area (TPSA) is 82.3 Å². The van der Waals surface area contributed by atoms with Crippen molar-refractivity contribution in [2.75, 3.05) is 13.1 Å². The first-order chi connectivity index (χ1) is 14.7. The second-order valence-corrected chi connectivity index (χ2v) is 9.73. The summed E-state index contributed by atoms with van der Waals surface area (Å²) in [6, 6.07) is 8.02. The third-order valence-corrected chi connectivity index (χ3v) is 7.20. The molecular weight excluding hydrogens is 416 g/mol. The summed E-state index contributed by atoms with van der Waals surface area (Å²) in [7, 11) is 0. The Morgan fingerprint density at radius 1 is 0.800 bits per heavy atom. The number of aryl methyl sites for hydroxylation is 2. The first-order valence-corrected chi connectivity index (χ1v) is 12.6. The summed E-state index contributed by atoms with van der Waals surface area (Å²) in [6.07, 6.45) is 7.75. The molecule has 164 valence electrons. The van der Waals surface area contributed by atoms with Crippen LogP contribution in [0, 0.1) is 0 Å². The standard InChI is InChI=1S/C22H32N4O2S2/c27-21(23-13-3-7-17-9-5-15-29-17)25-19-11-1-2-12-20(19)26-22(28)24-14-4-8-18-10-6-16-30-18/h5-6,9-10,15-16,19-20H,1-4,7-8,11-14H2,(H2,23,25,27)(H2,24,26,28). The molecule has 1 saturated carbocycles. The minimum atomic E-state index is -0.142. The molecule has 6 nitrogen and oxygen atoms in total. The van der Waals surface area contributed by atoms with Gasteiger partial charge in [0.05, 0.1) is 12.1 Å². The molecule has 0 bridgehead atoms. The van der Waals surface area contributed by atoms with Gasteiger partial charge in [-0.05, 0) is 61.4 Å². The van der Waals surface area contributed by atoms with E-state index in [-0.39, 0.29) is 24.1 Å². The molecule has 2 unspecified atom stereocenters. The van der Waals surface area contributed by atoms with Crippen LogP contribution in [-0.2, 0) is 12.8 Å². The molecule has 0 saturated heterocycles. The number of thiophene rings is 2. The average molecular weight is 449 g/mol. The maximum atomic E-state index is 12.3. The van der Waals surface area contributed by atoms with Crippen LogP contribution in [0.2, 0.25) is 0 Å². The van der Waals surface area contributed by atoms with Gasteiger partial charge in [-0.2, -0.15) is 0 Å². The van der Waals surface area contributed by atoms with Crippen molar-refractivity contribution in [2.24, 2.45) is 0 Å². The van der Waals surface area contributed by atoms with Crippen molar-refractivity contribution < 1.29 is 9.59 Å². The summed E-state index contributed by atoms with van der Waals surface area (Å²) < 4.78 is 0. The van der Waals surface area contributed by atoms with Crippen LogP contribution in [-0.4, -0.2) is 37.2 Å². The highest BCUT2D eigenvalue weighted by Crippen LogP contribution is 2.18. The Labute approximate surface area is 186 Å². The van der Waals surface area contributed by atoms with Crippen molar-refractivity contribution in [2.45, 2.75) is 63.5 Å². The number of rotatable bonds is 10. The molecule has 3 rings (SSSR count). The van der Waals surface area contributed by atoms with E-state index < -0.39 is 0 Å². The molecule has 4 N–H and O–H groups in total. The number of hydrogen-bond donors (Lipinski definition) is 4. The van der Waals surface area contributed by atoms with E-state index in [1.807, 2.05) is 0 Å². The largest absolute Gasteiger partial charge is 0.338 e. The molecule has 2 aromatic rings. The SMILES string of the molecule is O=C(NCCCc1cccs1)NC1CCCCC1NC(=O)NCCCc1cccs1. The van der Waals surface area contributed by atoms with Crippen LogP contribution in [0.25, 0.3) is 0 Å². The lowest BCUT2D eigenvalue weighted by atomic mass is 9.90. The fraction of sp³-hybridized carbons (Fsp3) is 0.545. The van der Waals surface area contributed by atoms with Gasteiger partial charge in [0.1, 0.15) is 0 Å². The van der Waals surface area contributed by atoms with Gasteiger partial charge >= 0.3 is 12.1 Å². The van der Waals surface area contributed by atoms with Crippen molar-refractivity contribution in [1.82, 2.24) is 21.3 Å². The number of hydrogen-bond acceptors (Lipinski definition) is 4. The maximum absolute atomic E-state index is 12.3. The number of urea groups is 2. The summed E-state index contributed by atoms with van der Waals surface area (Å²) in [6.45, 7) is 1.30. The van der Waals surface area contributed by atoms with Crippen LogP contribution < -0.4 is 21.3 Å². The lowest BCUT2D eigenvalue weighted by Gasteiger charge is -2.32. The molecule has 30 heavy (non-hydrogen) atoms. The van der Waals surface area contributed by atoms with Crippen molar-refractivity contribution >= 4 is 34.7 Å². The third kappa shape index (κ3) is 7.99. The Morgan fingerprint density at radius 3 is 1.67 bits per heavy atom. The van der Waals surface area contributed by atoms with Gasteiger partial charge in [-0.25, -0.2) is 9.59 Å². The number of carbonyl (C=O) groups is 2. The third-order valence-electron chi connectivity index (χ3n) is 5.33. The smallest absolute Gasteiger partial charge is 0.315 e. The van der Waals surface area contributed by atoms with Crippen molar-refractivity contribution in [3.63, 3.8) is 0 Å². The van der Waals surface area contributed by atoms with Crippen molar-refractivity contribution in [3.05, 3.63) is 44.8 Å². The van der Waals surface area contributed by atoms with Crippen LogP contribution in [0.4, 0.5) is 9.59 Å². The summed E-state index contributed by atoms with van der Waals surface area (Å²) >= 11 is 3.50. The molecule has 4 amide bonds. The van der Waals surface area contributed by atoms with E-state index in [9.17, 15) is 9.59 Å². The highest BCUT2D eigenvalue weighted by atomic mass is 32.1. The van der Waals surface area contributed by atoms with Crippen LogP contribution in [0.1, 0.15) is 48.3 Å². The zero-order chi connectivity index (χ0) is 21.0. The lowest BCUT2D eigenvalue weighted by Crippen LogP contribution is -2.56. The second kappa shape index (κ2) is 12.6. The van der Waals surface area contributed by atoms with Gasteiger partial charge in [-0.1, -0.05) is 25.0 Å². The van der Waals surface area contributed by atoms with Gasteiger partial charge in [-0.3, -0.25) is 0 Å². The fourth-order valence-corrected chi connectivity index (χ4v) is 5.26. The quantitative estimate of drug-likeness (QED) is 0.409. The molecular formula is C22H32N4O2S2. The average Bonchev–Trinajstić information content (AvgIpc) is 3.44. The van der Waals surface area contributed by atoms with E-state index in [1.165, 1.54) is 9.75 Å². The first kappa shape index (κ1) is 22.6. The zero-order valence-electron chi connectivity index (χ0n) is 17.3. The Morgan fingerprint density at radius 2 is 1.27 bits per heavy atom. The summed E-state index contributed by atoms with van der Waals surface area (Å²) in [5.74, 6) is 0. The number of carbonyl (C=O) groups excluding carboxylic acids is 2. The Kier molecular flexibility index (Phi) is 9.50. The van der Waals surface area contributed by atoms with E-state index in [0.29, 0.717) is 13.1 Å². The molecule has 2 atom stereocenters. The van der Waals surface area contributed by atoms with E-state index in [0.717, 1.165) is 51.4 Å². The predicted octanol–water partition coefficient (Wildman–Crippen LogP) is 4.28. The number of amides is 4. The Balaban J connectivity index is 1.31. The summed E-state index contributed by atoms with van der Waals surface area (Å²) in [5, 5.41) is 16.2. The number of nitrogens with one attached hydrogen (secondary N) is 4. The normalized spacial score (nSPS) is 18.5. The molecule has 2 aromatic heterocycles. The van der Waals surface area contributed by atoms with Gasteiger partial charge in [-0.15, -0.1) is 22.7 Å². The van der Waals surface area contributed by atoms with Gasteiger partial charge in [0.15, 0.2) is 0 Å². The second-order valence-electron chi connectivity index (χ2n) is 7.66. The Hall–Kier alpha value is -2.06. The molecule has 0 radical (unpaired) electrons. The lowest BCUT2D eigenvalue weighted by molar-refractivity contribution is 0.213. The van der Waals surface area contributed by atoms with Crippen LogP contribution in [0.15, 0.2) is 35.0 Å². The molecule has 1 aliphatic carbocycles.